The van der Waals surface area contributed by atoms with Crippen molar-refractivity contribution >= 4 is 11.3 Å². The number of nitrogens with one attached hydrogen (secondary N) is 1. The lowest BCUT2D eigenvalue weighted by molar-refractivity contribution is -0.137. The SMILES string of the molecule is N#Cc1n[nH]nc1-c1cnc(-c2ccc(C(F)(F)F)cc2)s1. The summed E-state index contributed by atoms with van der Waals surface area (Å²) in [6.45, 7) is 0. The minimum absolute atomic E-state index is 0.141. The number of alkyl halides is 3. The van der Waals surface area contributed by atoms with Gasteiger partial charge in [0.1, 0.15) is 16.8 Å². The van der Waals surface area contributed by atoms with Gasteiger partial charge in [0.2, 0.25) is 0 Å². The first-order valence-electron chi connectivity index (χ1n) is 5.94. The van der Waals surface area contributed by atoms with E-state index in [2.05, 4.69) is 20.4 Å². The van der Waals surface area contributed by atoms with Crippen LogP contribution in [0.1, 0.15) is 11.3 Å². The van der Waals surface area contributed by atoms with E-state index in [1.54, 1.807) is 0 Å². The highest BCUT2D eigenvalue weighted by atomic mass is 32.1. The number of aromatic amines is 1. The average molecular weight is 321 g/mol. The van der Waals surface area contributed by atoms with Crippen molar-refractivity contribution in [2.75, 3.05) is 0 Å². The minimum atomic E-state index is -4.37. The van der Waals surface area contributed by atoms with Crippen molar-refractivity contribution in [3.05, 3.63) is 41.7 Å². The summed E-state index contributed by atoms with van der Waals surface area (Å²) in [5.74, 6) is 0. The number of rotatable bonds is 2. The second-order valence-electron chi connectivity index (χ2n) is 4.24. The first-order valence-corrected chi connectivity index (χ1v) is 6.75. The van der Waals surface area contributed by atoms with Gasteiger partial charge in [0.15, 0.2) is 5.69 Å². The van der Waals surface area contributed by atoms with Crippen molar-refractivity contribution in [1.82, 2.24) is 20.4 Å². The predicted molar refractivity (Wildman–Crippen MR) is 72.6 cm³/mol. The predicted octanol–water partition coefficient (Wildman–Crippen LogP) is 3.49. The highest BCUT2D eigenvalue weighted by molar-refractivity contribution is 7.18. The molecule has 0 aliphatic rings. The van der Waals surface area contributed by atoms with Gasteiger partial charge < -0.3 is 0 Å². The fraction of sp³-hybridized carbons (Fsp3) is 0.0769. The van der Waals surface area contributed by atoms with E-state index >= 15 is 0 Å². The Morgan fingerprint density at radius 1 is 1.14 bits per heavy atom. The van der Waals surface area contributed by atoms with Crippen molar-refractivity contribution in [3.63, 3.8) is 0 Å². The molecule has 9 heteroatoms. The van der Waals surface area contributed by atoms with Gasteiger partial charge in [-0.15, -0.1) is 16.4 Å². The van der Waals surface area contributed by atoms with Crippen molar-refractivity contribution < 1.29 is 13.2 Å². The van der Waals surface area contributed by atoms with Gasteiger partial charge in [-0.1, -0.05) is 12.1 Å². The third kappa shape index (κ3) is 2.56. The van der Waals surface area contributed by atoms with Gasteiger partial charge in [0, 0.05) is 11.8 Å². The molecule has 0 unspecified atom stereocenters. The standard InChI is InChI=1S/C13H6F3N5S/c14-13(15,16)8-3-1-7(2-4-8)12-18-6-10(22-12)11-9(5-17)19-21-20-11/h1-4,6H,(H,19,20,21). The Labute approximate surface area is 126 Å². The Morgan fingerprint density at radius 2 is 1.86 bits per heavy atom. The second kappa shape index (κ2) is 5.23. The van der Waals surface area contributed by atoms with E-state index < -0.39 is 11.7 Å². The van der Waals surface area contributed by atoms with Crippen LogP contribution in [0.15, 0.2) is 30.5 Å². The van der Waals surface area contributed by atoms with E-state index in [0.29, 0.717) is 21.1 Å². The lowest BCUT2D eigenvalue weighted by atomic mass is 10.1. The van der Waals surface area contributed by atoms with Gasteiger partial charge in [0.25, 0.3) is 0 Å². The van der Waals surface area contributed by atoms with E-state index in [1.165, 1.54) is 29.7 Å². The lowest BCUT2D eigenvalue weighted by Gasteiger charge is -2.06. The van der Waals surface area contributed by atoms with E-state index in [9.17, 15) is 13.2 Å². The van der Waals surface area contributed by atoms with Crippen LogP contribution in [0.25, 0.3) is 21.1 Å². The number of thiazole rings is 1. The largest absolute Gasteiger partial charge is 0.416 e. The monoisotopic (exact) mass is 321 g/mol. The molecular formula is C13H6F3N5S. The Bertz CT molecular complexity index is 842. The molecule has 2 aromatic heterocycles. The number of hydrogen-bond acceptors (Lipinski definition) is 5. The Hall–Kier alpha value is -2.73. The molecule has 0 bridgehead atoms. The van der Waals surface area contributed by atoms with Crippen LogP contribution in [0.2, 0.25) is 0 Å². The number of nitrogens with zero attached hydrogens (tertiary/aromatic N) is 4. The Kier molecular flexibility index (Phi) is 3.38. The fourth-order valence-electron chi connectivity index (χ4n) is 1.80. The van der Waals surface area contributed by atoms with Crippen LogP contribution in [-0.4, -0.2) is 20.4 Å². The summed E-state index contributed by atoms with van der Waals surface area (Å²) >= 11 is 1.22. The van der Waals surface area contributed by atoms with Crippen LogP contribution in [0, 0.1) is 11.3 Å². The molecule has 0 fully saturated rings. The molecule has 0 atom stereocenters. The zero-order valence-corrected chi connectivity index (χ0v) is 11.5. The topological polar surface area (TPSA) is 78.2 Å². The maximum absolute atomic E-state index is 12.5. The van der Waals surface area contributed by atoms with E-state index in [1.807, 2.05) is 6.07 Å². The molecule has 3 rings (SSSR count). The molecule has 1 aromatic carbocycles. The molecule has 0 aliphatic heterocycles. The summed E-state index contributed by atoms with van der Waals surface area (Å²) in [7, 11) is 0. The third-order valence-corrected chi connectivity index (χ3v) is 3.91. The van der Waals surface area contributed by atoms with Gasteiger partial charge in [-0.2, -0.15) is 28.7 Å². The molecule has 0 saturated carbocycles. The number of halogens is 3. The summed E-state index contributed by atoms with van der Waals surface area (Å²) in [6, 6.07) is 6.63. The Morgan fingerprint density at radius 3 is 2.50 bits per heavy atom. The maximum atomic E-state index is 12.5. The van der Waals surface area contributed by atoms with E-state index in [0.717, 1.165) is 12.1 Å². The molecule has 22 heavy (non-hydrogen) atoms. The highest BCUT2D eigenvalue weighted by Gasteiger charge is 2.30. The summed E-state index contributed by atoms with van der Waals surface area (Å²) in [5, 5.41) is 19.4. The van der Waals surface area contributed by atoms with Crippen LogP contribution in [0.5, 0.6) is 0 Å². The molecular weight excluding hydrogens is 315 g/mol. The molecule has 5 nitrogen and oxygen atoms in total. The average Bonchev–Trinajstić information content (AvgIpc) is 3.15. The van der Waals surface area contributed by atoms with Gasteiger partial charge in [0.05, 0.1) is 10.4 Å². The molecule has 0 radical (unpaired) electrons. The smallest absolute Gasteiger partial charge is 0.244 e. The maximum Gasteiger partial charge on any atom is 0.416 e. The van der Waals surface area contributed by atoms with Crippen LogP contribution in [0.3, 0.4) is 0 Å². The quantitative estimate of drug-likeness (QED) is 0.783. The molecule has 110 valence electrons. The summed E-state index contributed by atoms with van der Waals surface area (Å²) < 4.78 is 37.6. The normalized spacial score (nSPS) is 11.4. The number of H-pyrrole nitrogens is 1. The van der Waals surface area contributed by atoms with Gasteiger partial charge in [-0.05, 0) is 12.1 Å². The van der Waals surface area contributed by atoms with Crippen molar-refractivity contribution in [2.45, 2.75) is 6.18 Å². The molecule has 2 heterocycles. The zero-order chi connectivity index (χ0) is 15.7. The van der Waals surface area contributed by atoms with Crippen molar-refractivity contribution in [3.8, 4) is 27.2 Å². The summed E-state index contributed by atoms with van der Waals surface area (Å²) in [5.41, 5.74) is 0.364. The molecule has 3 aromatic rings. The van der Waals surface area contributed by atoms with E-state index in [-0.39, 0.29) is 5.69 Å². The number of benzene rings is 1. The fourth-order valence-corrected chi connectivity index (χ4v) is 2.71. The molecule has 0 spiro atoms. The Balaban J connectivity index is 1.93. The van der Waals surface area contributed by atoms with Crippen LogP contribution in [-0.2, 0) is 6.18 Å². The molecule has 0 aliphatic carbocycles. The summed E-state index contributed by atoms with van der Waals surface area (Å²) in [6.07, 6.45) is -2.86. The van der Waals surface area contributed by atoms with E-state index in [4.69, 9.17) is 5.26 Å². The van der Waals surface area contributed by atoms with Crippen molar-refractivity contribution in [2.24, 2.45) is 0 Å². The molecule has 0 amide bonds. The van der Waals surface area contributed by atoms with Crippen molar-refractivity contribution in [1.29, 1.82) is 5.26 Å². The molecule has 1 N–H and O–H groups in total. The van der Waals surface area contributed by atoms with Gasteiger partial charge in [-0.25, -0.2) is 4.98 Å². The zero-order valence-electron chi connectivity index (χ0n) is 10.7. The van der Waals surface area contributed by atoms with Crippen LogP contribution in [0.4, 0.5) is 13.2 Å². The van der Waals surface area contributed by atoms with Crippen LogP contribution < -0.4 is 0 Å². The second-order valence-corrected chi connectivity index (χ2v) is 5.27. The summed E-state index contributed by atoms with van der Waals surface area (Å²) in [4.78, 5) is 4.77. The first kappa shape index (κ1) is 14.2. The lowest BCUT2D eigenvalue weighted by Crippen LogP contribution is -2.03. The third-order valence-electron chi connectivity index (χ3n) is 2.85. The highest BCUT2D eigenvalue weighted by Crippen LogP contribution is 2.34. The molecule has 0 saturated heterocycles. The van der Waals surface area contributed by atoms with Gasteiger partial charge in [-0.3, -0.25) is 0 Å². The number of nitriles is 1. The van der Waals surface area contributed by atoms with Gasteiger partial charge >= 0.3 is 6.18 Å². The minimum Gasteiger partial charge on any atom is -0.244 e. The van der Waals surface area contributed by atoms with Crippen LogP contribution >= 0.6 is 11.3 Å². The first-order chi connectivity index (χ1) is 10.5. The number of aromatic nitrogens is 4. The number of hydrogen-bond donors (Lipinski definition) is 1.